The summed E-state index contributed by atoms with van der Waals surface area (Å²) in [4.78, 5) is 0. The SMILES string of the molecule is CCc1cc(CC)c(C(N)C[N-]CC(N)c2c(CC)cc(CC)cc2CC)c(CC)c1.[Br][Co+][Br]. The summed E-state index contributed by atoms with van der Waals surface area (Å²) in [6, 6.07) is 9.18. The summed E-state index contributed by atoms with van der Waals surface area (Å²) >= 11 is 7.12. The topological polar surface area (TPSA) is 66.1 Å². The number of hydrogen-bond acceptors (Lipinski definition) is 2. The number of halogens is 2. The molecule has 2 atom stereocenters. The second-order valence-electron chi connectivity index (χ2n) is 8.63. The molecule has 0 saturated heterocycles. The Labute approximate surface area is 229 Å². The zero-order valence-electron chi connectivity index (χ0n) is 21.8. The summed E-state index contributed by atoms with van der Waals surface area (Å²) in [7, 11) is 0. The molecule has 0 aliphatic heterocycles. The predicted octanol–water partition coefficient (Wildman–Crippen LogP) is 7.82. The average molecular weight is 641 g/mol. The summed E-state index contributed by atoms with van der Waals surface area (Å²) in [5.41, 5.74) is 24.3. The van der Waals surface area contributed by atoms with Crippen LogP contribution in [-0.4, -0.2) is 13.1 Å². The molecule has 0 fully saturated rings. The summed E-state index contributed by atoms with van der Waals surface area (Å²) in [5.74, 6) is 0. The van der Waals surface area contributed by atoms with Crippen LogP contribution in [0.5, 0.6) is 0 Å². The van der Waals surface area contributed by atoms with E-state index in [0.717, 1.165) is 49.6 Å². The summed E-state index contributed by atoms with van der Waals surface area (Å²) < 4.78 is 0. The Hall–Kier alpha value is -0.214. The minimum absolute atomic E-state index is 0.0678. The van der Waals surface area contributed by atoms with E-state index >= 15 is 0 Å². The Morgan fingerprint density at radius 2 is 0.882 bits per heavy atom. The van der Waals surface area contributed by atoms with Gasteiger partial charge in [0.2, 0.25) is 0 Å². The van der Waals surface area contributed by atoms with Crippen LogP contribution in [0.25, 0.3) is 5.32 Å². The quantitative estimate of drug-likeness (QED) is 0.248. The first-order valence-electron chi connectivity index (χ1n) is 12.6. The first kappa shape index (κ1) is 31.8. The molecule has 0 saturated carbocycles. The van der Waals surface area contributed by atoms with Gasteiger partial charge in [0.1, 0.15) is 0 Å². The van der Waals surface area contributed by atoms with E-state index in [9.17, 15) is 0 Å². The summed E-state index contributed by atoms with van der Waals surface area (Å²) in [6.07, 6.45) is 6.15. The molecule has 3 nitrogen and oxygen atoms in total. The van der Waals surface area contributed by atoms with E-state index in [1.807, 2.05) is 0 Å². The van der Waals surface area contributed by atoms with Gasteiger partial charge in [-0.3, -0.25) is 0 Å². The normalized spacial score (nSPS) is 12.9. The molecule has 0 radical (unpaired) electrons. The Morgan fingerprint density at radius 1 is 0.618 bits per heavy atom. The molecule has 2 aromatic rings. The third-order valence-corrected chi connectivity index (χ3v) is 6.56. The standard InChI is InChI=1S/C28H44N3.2BrH.Co/c1-7-19-13-21(9-3)27(22(10-4)14-19)25(29)17-31-18-26(30)28-23(11-5)15-20(8-2)16-24(28)12-6;;;/h13-16,25-26H,7-12,17-18,29-30H2,1-6H3;2*1H;/q-1;;;+3/p-2. The number of aryl methyl sites for hydroxylation is 6. The molecule has 0 spiro atoms. The van der Waals surface area contributed by atoms with E-state index in [0.29, 0.717) is 13.1 Å². The fourth-order valence-corrected chi connectivity index (χ4v) is 4.77. The second-order valence-corrected chi connectivity index (χ2v) is 13.9. The molecule has 34 heavy (non-hydrogen) atoms. The molecule has 0 aliphatic rings. The molecule has 0 aromatic heterocycles. The van der Waals surface area contributed by atoms with Gasteiger partial charge in [-0.15, -0.1) is 13.1 Å². The van der Waals surface area contributed by atoms with Gasteiger partial charge in [-0.05, 0) is 83.0 Å². The summed E-state index contributed by atoms with van der Waals surface area (Å²) in [5, 5.41) is 4.86. The van der Waals surface area contributed by atoms with Crippen molar-refractivity contribution in [3.05, 3.63) is 74.1 Å². The molecule has 2 aromatic carbocycles. The molecular formula is C28H44Br2CoN3. The van der Waals surface area contributed by atoms with E-state index in [1.165, 1.54) is 44.5 Å². The molecule has 4 N–H and O–H groups in total. The monoisotopic (exact) mass is 639 g/mol. The van der Waals surface area contributed by atoms with Crippen LogP contribution in [0.1, 0.15) is 98.1 Å². The molecule has 2 rings (SSSR count). The van der Waals surface area contributed by atoms with Crippen molar-refractivity contribution in [1.29, 1.82) is 0 Å². The van der Waals surface area contributed by atoms with E-state index in [1.54, 1.807) is 0 Å². The van der Waals surface area contributed by atoms with Gasteiger partial charge < -0.3 is 16.8 Å². The number of nitrogens with zero attached hydrogens (tertiary/aromatic N) is 1. The summed E-state index contributed by atoms with van der Waals surface area (Å²) in [6.45, 7) is 14.5. The first-order valence-corrected chi connectivity index (χ1v) is 17.8. The van der Waals surface area contributed by atoms with Gasteiger partial charge in [-0.1, -0.05) is 65.8 Å². The maximum absolute atomic E-state index is 6.68. The van der Waals surface area contributed by atoms with Gasteiger partial charge in [0.05, 0.1) is 0 Å². The van der Waals surface area contributed by atoms with Gasteiger partial charge >= 0.3 is 39.5 Å². The van der Waals surface area contributed by atoms with Crippen LogP contribution in [0.3, 0.4) is 0 Å². The van der Waals surface area contributed by atoms with Crippen LogP contribution < -0.4 is 11.5 Å². The third-order valence-electron chi connectivity index (χ3n) is 6.56. The van der Waals surface area contributed by atoms with E-state index in [4.69, 9.17) is 16.8 Å². The van der Waals surface area contributed by atoms with Crippen LogP contribution in [0.2, 0.25) is 0 Å². The molecule has 194 valence electrons. The Bertz CT molecular complexity index is 753. The second kappa shape index (κ2) is 17.3. The number of nitrogens with two attached hydrogens (primary N) is 2. The predicted molar refractivity (Wildman–Crippen MR) is 154 cm³/mol. The molecule has 0 heterocycles. The Kier molecular flexibility index (Phi) is 16.2. The molecule has 0 aliphatic carbocycles. The van der Waals surface area contributed by atoms with Crippen molar-refractivity contribution in [3.8, 4) is 0 Å². The van der Waals surface area contributed by atoms with Crippen molar-refractivity contribution in [2.24, 2.45) is 11.5 Å². The fourth-order valence-electron chi connectivity index (χ4n) is 4.77. The minimum atomic E-state index is -0.0678. The Morgan fingerprint density at radius 3 is 1.09 bits per heavy atom. The van der Waals surface area contributed by atoms with Crippen LogP contribution in [0.4, 0.5) is 0 Å². The number of benzene rings is 2. The molecule has 0 bridgehead atoms. The van der Waals surface area contributed by atoms with Crippen molar-refractivity contribution in [3.63, 3.8) is 0 Å². The third kappa shape index (κ3) is 9.02. The number of hydrogen-bond donors (Lipinski definition) is 2. The van der Waals surface area contributed by atoms with Crippen LogP contribution >= 0.6 is 28.3 Å². The zero-order chi connectivity index (χ0) is 25.7. The maximum atomic E-state index is 6.68. The molecule has 0 amide bonds. The van der Waals surface area contributed by atoms with Crippen LogP contribution in [0, 0.1) is 0 Å². The van der Waals surface area contributed by atoms with Crippen molar-refractivity contribution < 1.29 is 11.1 Å². The van der Waals surface area contributed by atoms with Gasteiger partial charge in [0.15, 0.2) is 0 Å². The van der Waals surface area contributed by atoms with Gasteiger partial charge in [0, 0.05) is 12.1 Å². The Balaban J connectivity index is 0.00000182. The van der Waals surface area contributed by atoms with Crippen molar-refractivity contribution >= 4 is 28.3 Å². The average Bonchev–Trinajstić information content (AvgIpc) is 2.86. The molecular weight excluding hydrogens is 597 g/mol. The van der Waals surface area contributed by atoms with Gasteiger partial charge in [-0.2, -0.15) is 0 Å². The van der Waals surface area contributed by atoms with Crippen LogP contribution in [0.15, 0.2) is 24.3 Å². The first-order chi connectivity index (χ1) is 16.3. The van der Waals surface area contributed by atoms with Crippen LogP contribution in [-0.2, 0) is 49.6 Å². The van der Waals surface area contributed by atoms with E-state index < -0.39 is 0 Å². The fraction of sp³-hybridized carbons (Fsp3) is 0.571. The molecule has 2 unspecified atom stereocenters. The van der Waals surface area contributed by atoms with Gasteiger partial charge in [0.25, 0.3) is 0 Å². The van der Waals surface area contributed by atoms with E-state index in [-0.39, 0.29) is 12.1 Å². The van der Waals surface area contributed by atoms with Crippen molar-refractivity contribution in [1.82, 2.24) is 0 Å². The number of rotatable bonds is 12. The van der Waals surface area contributed by atoms with Crippen molar-refractivity contribution in [2.45, 2.75) is 92.2 Å². The van der Waals surface area contributed by atoms with E-state index in [2.05, 4.69) is 94.1 Å². The van der Waals surface area contributed by atoms with Crippen molar-refractivity contribution in [2.75, 3.05) is 13.1 Å². The molecule has 6 heteroatoms. The van der Waals surface area contributed by atoms with Gasteiger partial charge in [-0.25, -0.2) is 0 Å². The zero-order valence-corrected chi connectivity index (χ0v) is 26.0.